The number of halogens is 1. The van der Waals surface area contributed by atoms with Crippen LogP contribution in [-0.4, -0.2) is 35.8 Å². The van der Waals surface area contributed by atoms with E-state index < -0.39 is 5.91 Å². The molecule has 0 aliphatic carbocycles. The summed E-state index contributed by atoms with van der Waals surface area (Å²) in [5.41, 5.74) is 7.80. The van der Waals surface area contributed by atoms with E-state index in [0.29, 0.717) is 18.7 Å². The van der Waals surface area contributed by atoms with Gasteiger partial charge in [-0.3, -0.25) is 9.79 Å². The quantitative estimate of drug-likeness (QED) is 0.409. The standard InChI is InChI=1S/C16H21N5OS.HI/c1-11-20-14(10-23-11)9-21(3)16(18-2)19-8-12-5-4-6-13(7-12)15(17)22;/h4-7,10H,8-9H2,1-3H3,(H2,17,22)(H,18,19);1H. The molecule has 0 bridgehead atoms. The number of rotatable bonds is 5. The van der Waals surface area contributed by atoms with Crippen molar-refractivity contribution in [3.8, 4) is 0 Å². The van der Waals surface area contributed by atoms with E-state index in [9.17, 15) is 4.79 Å². The third-order valence-corrected chi connectivity index (χ3v) is 4.12. The van der Waals surface area contributed by atoms with Gasteiger partial charge >= 0.3 is 0 Å². The van der Waals surface area contributed by atoms with E-state index >= 15 is 0 Å². The molecule has 2 aromatic rings. The Labute approximate surface area is 163 Å². The van der Waals surface area contributed by atoms with Gasteiger partial charge < -0.3 is 16.0 Å². The Kier molecular flexibility index (Phi) is 8.13. The fraction of sp³-hybridized carbons (Fsp3) is 0.312. The van der Waals surface area contributed by atoms with E-state index in [1.165, 1.54) is 0 Å². The summed E-state index contributed by atoms with van der Waals surface area (Å²) in [5.74, 6) is 0.340. The van der Waals surface area contributed by atoms with E-state index in [1.54, 1.807) is 30.5 Å². The monoisotopic (exact) mass is 459 g/mol. The third-order valence-electron chi connectivity index (χ3n) is 3.30. The summed E-state index contributed by atoms with van der Waals surface area (Å²) in [6.45, 7) is 3.24. The van der Waals surface area contributed by atoms with Gasteiger partial charge in [-0.15, -0.1) is 35.3 Å². The Balaban J connectivity index is 0.00000288. The molecule has 0 fully saturated rings. The number of aromatic nitrogens is 1. The van der Waals surface area contributed by atoms with Crippen LogP contribution < -0.4 is 11.1 Å². The minimum Gasteiger partial charge on any atom is -0.366 e. The molecule has 0 unspecified atom stereocenters. The lowest BCUT2D eigenvalue weighted by Gasteiger charge is -2.21. The van der Waals surface area contributed by atoms with E-state index in [1.807, 2.05) is 31.0 Å². The van der Waals surface area contributed by atoms with Crippen LogP contribution in [0.1, 0.15) is 26.6 Å². The maximum Gasteiger partial charge on any atom is 0.248 e. The van der Waals surface area contributed by atoms with Gasteiger partial charge in [0.05, 0.1) is 17.2 Å². The number of nitrogens with one attached hydrogen (secondary N) is 1. The minimum atomic E-state index is -0.424. The van der Waals surface area contributed by atoms with Crippen LogP contribution in [0, 0.1) is 6.92 Å². The Hall–Kier alpha value is -1.68. The predicted octanol–water partition coefficient (Wildman–Crippen LogP) is 2.38. The summed E-state index contributed by atoms with van der Waals surface area (Å²) in [6.07, 6.45) is 0. The lowest BCUT2D eigenvalue weighted by molar-refractivity contribution is 0.1000. The maximum absolute atomic E-state index is 11.2. The van der Waals surface area contributed by atoms with Gasteiger partial charge in [0.25, 0.3) is 0 Å². The molecule has 24 heavy (non-hydrogen) atoms. The van der Waals surface area contributed by atoms with Crippen LogP contribution in [0.5, 0.6) is 0 Å². The van der Waals surface area contributed by atoms with Crippen LogP contribution in [0.2, 0.25) is 0 Å². The Bertz CT molecular complexity index is 716. The first-order valence-corrected chi connectivity index (χ1v) is 8.09. The van der Waals surface area contributed by atoms with Gasteiger partial charge in [0, 0.05) is 31.6 Å². The van der Waals surface area contributed by atoms with Crippen molar-refractivity contribution in [2.24, 2.45) is 10.7 Å². The average molecular weight is 459 g/mol. The highest BCUT2D eigenvalue weighted by Gasteiger charge is 2.09. The normalized spacial score (nSPS) is 10.9. The molecule has 8 heteroatoms. The van der Waals surface area contributed by atoms with Crippen LogP contribution in [0.15, 0.2) is 34.6 Å². The van der Waals surface area contributed by atoms with Crippen molar-refractivity contribution in [3.63, 3.8) is 0 Å². The highest BCUT2D eigenvalue weighted by Crippen LogP contribution is 2.10. The van der Waals surface area contributed by atoms with Gasteiger partial charge in [-0.05, 0) is 24.6 Å². The number of aliphatic imine (C=N–C) groups is 1. The zero-order chi connectivity index (χ0) is 16.8. The summed E-state index contributed by atoms with van der Waals surface area (Å²) in [7, 11) is 3.70. The molecular weight excluding hydrogens is 437 g/mol. The number of thiazole rings is 1. The fourth-order valence-electron chi connectivity index (χ4n) is 2.20. The molecule has 1 aromatic heterocycles. The molecule has 6 nitrogen and oxygen atoms in total. The first kappa shape index (κ1) is 20.4. The molecule has 1 amide bonds. The number of carbonyl (C=O) groups is 1. The molecule has 0 aliphatic heterocycles. The zero-order valence-electron chi connectivity index (χ0n) is 13.9. The minimum absolute atomic E-state index is 0. The first-order valence-electron chi connectivity index (χ1n) is 7.21. The second kappa shape index (κ2) is 9.58. The Morgan fingerprint density at radius 3 is 2.79 bits per heavy atom. The Morgan fingerprint density at radius 2 is 2.21 bits per heavy atom. The Morgan fingerprint density at radius 1 is 1.46 bits per heavy atom. The molecule has 1 heterocycles. The topological polar surface area (TPSA) is 83.6 Å². The van der Waals surface area contributed by atoms with Gasteiger partial charge in [0.1, 0.15) is 0 Å². The zero-order valence-corrected chi connectivity index (χ0v) is 17.1. The van der Waals surface area contributed by atoms with Gasteiger partial charge in [0.2, 0.25) is 5.91 Å². The van der Waals surface area contributed by atoms with Gasteiger partial charge in [-0.1, -0.05) is 12.1 Å². The second-order valence-corrected chi connectivity index (χ2v) is 6.24. The van der Waals surface area contributed by atoms with Crippen molar-refractivity contribution in [1.82, 2.24) is 15.2 Å². The number of amides is 1. The molecular formula is C16H22IN5OS. The van der Waals surface area contributed by atoms with Crippen molar-refractivity contribution >= 4 is 47.2 Å². The molecule has 0 spiro atoms. The number of hydrogen-bond acceptors (Lipinski definition) is 4. The lowest BCUT2D eigenvalue weighted by Crippen LogP contribution is -2.38. The van der Waals surface area contributed by atoms with Crippen molar-refractivity contribution in [3.05, 3.63) is 51.5 Å². The summed E-state index contributed by atoms with van der Waals surface area (Å²) in [6, 6.07) is 7.25. The molecule has 0 atom stereocenters. The van der Waals surface area contributed by atoms with E-state index in [-0.39, 0.29) is 24.0 Å². The predicted molar refractivity (Wildman–Crippen MR) is 109 cm³/mol. The number of nitrogens with two attached hydrogens (primary N) is 1. The summed E-state index contributed by atoms with van der Waals surface area (Å²) < 4.78 is 0. The van der Waals surface area contributed by atoms with Gasteiger partial charge in [-0.25, -0.2) is 4.98 Å². The van der Waals surface area contributed by atoms with Gasteiger partial charge in [0.15, 0.2) is 5.96 Å². The number of benzene rings is 1. The van der Waals surface area contributed by atoms with Crippen LogP contribution >= 0.6 is 35.3 Å². The SMILES string of the molecule is CN=C(NCc1cccc(C(N)=O)c1)N(C)Cc1csc(C)n1.I. The second-order valence-electron chi connectivity index (χ2n) is 5.18. The molecule has 0 aliphatic rings. The molecule has 3 N–H and O–H groups in total. The number of carbonyl (C=O) groups excluding carboxylic acids is 1. The van der Waals surface area contributed by atoms with Crippen LogP contribution in [0.4, 0.5) is 0 Å². The number of guanidine groups is 1. The average Bonchev–Trinajstić information content (AvgIpc) is 2.93. The highest BCUT2D eigenvalue weighted by molar-refractivity contribution is 14.0. The molecule has 0 saturated heterocycles. The number of aryl methyl sites for hydroxylation is 1. The first-order chi connectivity index (χ1) is 11.0. The van der Waals surface area contributed by atoms with Crippen molar-refractivity contribution in [2.45, 2.75) is 20.0 Å². The fourth-order valence-corrected chi connectivity index (χ4v) is 2.80. The smallest absolute Gasteiger partial charge is 0.248 e. The van der Waals surface area contributed by atoms with Crippen LogP contribution in [0.25, 0.3) is 0 Å². The number of hydrogen-bond donors (Lipinski definition) is 2. The molecule has 130 valence electrons. The van der Waals surface area contributed by atoms with Crippen molar-refractivity contribution < 1.29 is 4.79 Å². The van der Waals surface area contributed by atoms with Gasteiger partial charge in [-0.2, -0.15) is 0 Å². The van der Waals surface area contributed by atoms with Crippen LogP contribution in [0.3, 0.4) is 0 Å². The third kappa shape index (κ3) is 5.75. The van der Waals surface area contributed by atoms with E-state index in [4.69, 9.17) is 5.73 Å². The maximum atomic E-state index is 11.2. The number of primary amides is 1. The summed E-state index contributed by atoms with van der Waals surface area (Å²) in [5, 5.41) is 6.38. The lowest BCUT2D eigenvalue weighted by atomic mass is 10.1. The van der Waals surface area contributed by atoms with E-state index in [2.05, 4.69) is 20.7 Å². The molecule has 2 rings (SSSR count). The number of nitrogens with zero attached hydrogens (tertiary/aromatic N) is 3. The van der Waals surface area contributed by atoms with E-state index in [0.717, 1.165) is 22.2 Å². The van der Waals surface area contributed by atoms with Crippen molar-refractivity contribution in [1.29, 1.82) is 0 Å². The summed E-state index contributed by atoms with van der Waals surface area (Å²) >= 11 is 1.64. The summed E-state index contributed by atoms with van der Waals surface area (Å²) in [4.78, 5) is 22.0. The van der Waals surface area contributed by atoms with Crippen molar-refractivity contribution in [2.75, 3.05) is 14.1 Å². The molecule has 0 saturated carbocycles. The molecule has 1 aromatic carbocycles. The molecule has 0 radical (unpaired) electrons. The van der Waals surface area contributed by atoms with Crippen LogP contribution in [-0.2, 0) is 13.1 Å². The largest absolute Gasteiger partial charge is 0.366 e. The highest BCUT2D eigenvalue weighted by atomic mass is 127.